The van der Waals surface area contributed by atoms with Gasteiger partial charge in [-0.2, -0.15) is 0 Å². The largest absolute Gasteiger partial charge is 0.382 e. The van der Waals surface area contributed by atoms with Gasteiger partial charge in [-0.25, -0.2) is 23.4 Å². The van der Waals surface area contributed by atoms with Crippen LogP contribution in [0, 0.1) is 0 Å². The van der Waals surface area contributed by atoms with E-state index >= 15 is 0 Å². The van der Waals surface area contributed by atoms with Crippen LogP contribution in [0.3, 0.4) is 0 Å². The second-order valence-corrected chi connectivity index (χ2v) is 5.83. The van der Waals surface area contributed by atoms with E-state index in [0.717, 1.165) is 17.6 Å². The van der Waals surface area contributed by atoms with Gasteiger partial charge in [-0.3, -0.25) is 0 Å². The van der Waals surface area contributed by atoms with Crippen LogP contribution in [0.5, 0.6) is 0 Å². The lowest BCUT2D eigenvalue weighted by Crippen LogP contribution is -1.96. The van der Waals surface area contributed by atoms with Crippen LogP contribution in [0.25, 0.3) is 10.3 Å². The molecule has 0 aliphatic rings. The molecule has 0 saturated carbocycles. The fraction of sp³-hybridized carbons (Fsp3) is 0.167. The number of hydrogen-bond donors (Lipinski definition) is 1. The molecule has 0 aromatic carbocycles. The fourth-order valence-corrected chi connectivity index (χ4v) is 2.66. The van der Waals surface area contributed by atoms with Gasteiger partial charge in [-0.05, 0) is 0 Å². The molecule has 14 heavy (non-hydrogen) atoms. The molecule has 0 saturated heterocycles. The topological polar surface area (TPSA) is 98.8 Å². The lowest BCUT2D eigenvalue weighted by atomic mass is 10.5. The van der Waals surface area contributed by atoms with Gasteiger partial charge < -0.3 is 5.73 Å². The van der Waals surface area contributed by atoms with Gasteiger partial charge in [0.25, 0.3) is 0 Å². The van der Waals surface area contributed by atoms with Gasteiger partial charge in [0.05, 0.1) is 0 Å². The Morgan fingerprint density at radius 1 is 1.43 bits per heavy atom. The molecule has 0 atom stereocenters. The number of nitrogens with zero attached hydrogens (tertiary/aromatic N) is 3. The summed E-state index contributed by atoms with van der Waals surface area (Å²) in [6, 6.07) is 0. The molecule has 2 rings (SSSR count). The Kier molecular flexibility index (Phi) is 1.89. The maximum absolute atomic E-state index is 11.2. The molecule has 0 spiro atoms. The minimum atomic E-state index is -3.30. The zero-order valence-corrected chi connectivity index (χ0v) is 8.76. The van der Waals surface area contributed by atoms with Gasteiger partial charge in [-0.1, -0.05) is 11.3 Å². The van der Waals surface area contributed by atoms with E-state index in [1.54, 1.807) is 0 Å². The number of thiazole rings is 1. The molecule has 0 radical (unpaired) electrons. The molecule has 2 heterocycles. The minimum Gasteiger partial charge on any atom is -0.382 e. The Balaban J connectivity index is 2.81. The average molecular weight is 230 g/mol. The van der Waals surface area contributed by atoms with E-state index in [9.17, 15) is 8.42 Å². The third-order valence-corrected chi connectivity index (χ3v) is 4.16. The molecular weight excluding hydrogens is 224 g/mol. The fourth-order valence-electron chi connectivity index (χ4n) is 0.911. The Morgan fingerprint density at radius 2 is 2.14 bits per heavy atom. The quantitative estimate of drug-likeness (QED) is 0.744. The van der Waals surface area contributed by atoms with Gasteiger partial charge >= 0.3 is 0 Å². The van der Waals surface area contributed by atoms with Crippen LogP contribution in [0.4, 0.5) is 5.82 Å². The normalized spacial score (nSPS) is 12.1. The first-order valence-electron chi connectivity index (χ1n) is 3.55. The van der Waals surface area contributed by atoms with Crippen molar-refractivity contribution in [3.05, 3.63) is 6.33 Å². The highest BCUT2D eigenvalue weighted by Crippen LogP contribution is 2.25. The number of hydrogen-bond acceptors (Lipinski definition) is 7. The van der Waals surface area contributed by atoms with Gasteiger partial charge in [0.1, 0.15) is 16.7 Å². The first-order chi connectivity index (χ1) is 6.48. The third-order valence-electron chi connectivity index (χ3n) is 1.52. The van der Waals surface area contributed by atoms with Crippen molar-refractivity contribution in [1.82, 2.24) is 15.0 Å². The van der Waals surface area contributed by atoms with Gasteiger partial charge in [0, 0.05) is 6.26 Å². The first kappa shape index (κ1) is 9.28. The van der Waals surface area contributed by atoms with Crippen LogP contribution >= 0.6 is 11.3 Å². The maximum Gasteiger partial charge on any atom is 0.211 e. The standard InChI is InChI=1S/C6H6N4O2S2/c1-14(11,12)6-10-3-4(7)8-2-9-5(3)13-6/h2H,1H3,(H2,7,8,9). The van der Waals surface area contributed by atoms with Crippen LogP contribution in [-0.2, 0) is 9.84 Å². The summed E-state index contributed by atoms with van der Waals surface area (Å²) < 4.78 is 22.4. The predicted octanol–water partition coefficient (Wildman–Crippen LogP) is 0.0720. The van der Waals surface area contributed by atoms with E-state index in [1.165, 1.54) is 6.33 Å². The van der Waals surface area contributed by atoms with E-state index in [-0.39, 0.29) is 10.2 Å². The van der Waals surface area contributed by atoms with Crippen molar-refractivity contribution < 1.29 is 8.42 Å². The number of sulfone groups is 1. The number of anilines is 1. The van der Waals surface area contributed by atoms with Crippen LogP contribution in [-0.4, -0.2) is 29.6 Å². The average Bonchev–Trinajstić information content (AvgIpc) is 2.48. The second kappa shape index (κ2) is 2.85. The molecule has 0 fully saturated rings. The predicted molar refractivity (Wildman–Crippen MR) is 52.7 cm³/mol. The van der Waals surface area contributed by atoms with E-state index in [4.69, 9.17) is 5.73 Å². The number of nitrogen functional groups attached to an aromatic ring is 1. The first-order valence-corrected chi connectivity index (χ1v) is 6.26. The maximum atomic E-state index is 11.2. The summed E-state index contributed by atoms with van der Waals surface area (Å²) in [6.45, 7) is 0. The SMILES string of the molecule is CS(=O)(=O)c1nc2c(N)ncnc2s1. The zero-order chi connectivity index (χ0) is 10.3. The summed E-state index contributed by atoms with van der Waals surface area (Å²) in [6.07, 6.45) is 2.37. The summed E-state index contributed by atoms with van der Waals surface area (Å²) in [5, 5.41) is 0. The molecule has 0 aliphatic carbocycles. The molecule has 2 aromatic heterocycles. The van der Waals surface area contributed by atoms with Crippen LogP contribution in [0.2, 0.25) is 0 Å². The molecular formula is C6H6N4O2S2. The van der Waals surface area contributed by atoms with Crippen LogP contribution < -0.4 is 5.73 Å². The van der Waals surface area contributed by atoms with Crippen LogP contribution in [0.1, 0.15) is 0 Å². The monoisotopic (exact) mass is 230 g/mol. The molecule has 2 N–H and O–H groups in total. The number of nitrogens with two attached hydrogens (primary N) is 1. The van der Waals surface area contributed by atoms with E-state index in [2.05, 4.69) is 15.0 Å². The summed E-state index contributed by atoms with van der Waals surface area (Å²) in [7, 11) is -3.30. The lowest BCUT2D eigenvalue weighted by molar-refractivity contribution is 0.601. The van der Waals surface area contributed by atoms with Crippen molar-refractivity contribution in [2.45, 2.75) is 4.34 Å². The summed E-state index contributed by atoms with van der Waals surface area (Å²) in [4.78, 5) is 11.9. The van der Waals surface area contributed by atoms with E-state index in [0.29, 0.717) is 10.3 Å². The Hall–Kier alpha value is -1.28. The molecule has 0 unspecified atom stereocenters. The number of fused-ring (bicyclic) bond motifs is 1. The third kappa shape index (κ3) is 1.42. The molecule has 0 aliphatic heterocycles. The molecule has 6 nitrogen and oxygen atoms in total. The summed E-state index contributed by atoms with van der Waals surface area (Å²) in [5.74, 6) is 0.196. The Morgan fingerprint density at radius 3 is 2.71 bits per heavy atom. The molecule has 0 amide bonds. The van der Waals surface area contributed by atoms with Crippen molar-refractivity contribution in [2.75, 3.05) is 12.0 Å². The van der Waals surface area contributed by atoms with Gasteiger partial charge in [0.15, 0.2) is 5.82 Å². The number of aromatic nitrogens is 3. The van der Waals surface area contributed by atoms with E-state index < -0.39 is 9.84 Å². The minimum absolute atomic E-state index is 0.0136. The van der Waals surface area contributed by atoms with Gasteiger partial charge in [0.2, 0.25) is 14.2 Å². The van der Waals surface area contributed by atoms with Crippen molar-refractivity contribution >= 4 is 37.3 Å². The molecule has 74 valence electrons. The van der Waals surface area contributed by atoms with Crippen molar-refractivity contribution in [3.63, 3.8) is 0 Å². The highest BCUT2D eigenvalue weighted by molar-refractivity contribution is 7.92. The Labute approximate surface area is 83.7 Å². The second-order valence-electron chi connectivity index (χ2n) is 2.66. The van der Waals surface area contributed by atoms with E-state index in [1.807, 2.05) is 0 Å². The summed E-state index contributed by atoms with van der Waals surface area (Å²) >= 11 is 0.988. The molecule has 0 bridgehead atoms. The van der Waals surface area contributed by atoms with Gasteiger partial charge in [-0.15, -0.1) is 0 Å². The highest BCUT2D eigenvalue weighted by atomic mass is 32.2. The molecule has 8 heteroatoms. The van der Waals surface area contributed by atoms with Crippen molar-refractivity contribution in [1.29, 1.82) is 0 Å². The number of rotatable bonds is 1. The van der Waals surface area contributed by atoms with Crippen molar-refractivity contribution in [2.24, 2.45) is 0 Å². The zero-order valence-electron chi connectivity index (χ0n) is 7.13. The molecule has 2 aromatic rings. The summed E-state index contributed by atoms with van der Waals surface area (Å²) in [5.41, 5.74) is 5.86. The van der Waals surface area contributed by atoms with Crippen molar-refractivity contribution in [3.8, 4) is 0 Å². The smallest absolute Gasteiger partial charge is 0.211 e. The highest BCUT2D eigenvalue weighted by Gasteiger charge is 2.15. The Bertz CT molecular complexity index is 589. The lowest BCUT2D eigenvalue weighted by Gasteiger charge is -1.89. The van der Waals surface area contributed by atoms with Crippen LogP contribution in [0.15, 0.2) is 10.7 Å².